The van der Waals surface area contributed by atoms with Crippen molar-refractivity contribution in [3.8, 4) is 0 Å². The van der Waals surface area contributed by atoms with E-state index in [0.717, 1.165) is 16.9 Å². The van der Waals surface area contributed by atoms with Gasteiger partial charge >= 0.3 is 6.09 Å². The third kappa shape index (κ3) is 8.00. The van der Waals surface area contributed by atoms with Crippen molar-refractivity contribution < 1.29 is 14.3 Å². The van der Waals surface area contributed by atoms with Crippen LogP contribution in [-0.2, 0) is 21.8 Å². The van der Waals surface area contributed by atoms with Gasteiger partial charge in [-0.3, -0.25) is 9.78 Å². The van der Waals surface area contributed by atoms with E-state index in [1.54, 1.807) is 19.4 Å². The Morgan fingerprint density at radius 1 is 1.18 bits per heavy atom. The number of hydrogen-bond acceptors (Lipinski definition) is 5. The lowest BCUT2D eigenvalue weighted by atomic mass is 10.2. The minimum atomic E-state index is -0.533. The van der Waals surface area contributed by atoms with E-state index in [-0.39, 0.29) is 12.0 Å². The van der Waals surface area contributed by atoms with E-state index in [1.165, 1.54) is 16.7 Å². The van der Waals surface area contributed by atoms with Crippen LogP contribution in [0.2, 0.25) is 0 Å². The van der Waals surface area contributed by atoms with Crippen molar-refractivity contribution in [2.24, 2.45) is 0 Å². The molecule has 0 saturated heterocycles. The van der Waals surface area contributed by atoms with Crippen LogP contribution >= 0.6 is 11.8 Å². The third-order valence-electron chi connectivity index (χ3n) is 3.56. The molecule has 150 valence electrons. The molecule has 0 fully saturated rings. The quantitative estimate of drug-likeness (QED) is 0.748. The molecular weight excluding hydrogens is 374 g/mol. The fraction of sp³-hybridized carbons (Fsp3) is 0.381. The molecule has 2 amide bonds. The topological polar surface area (TPSA) is 71.5 Å². The van der Waals surface area contributed by atoms with E-state index in [0.29, 0.717) is 18.0 Å². The van der Waals surface area contributed by atoms with Crippen LogP contribution in [0.4, 0.5) is 10.5 Å². The van der Waals surface area contributed by atoms with Crippen molar-refractivity contribution in [1.82, 2.24) is 9.88 Å². The lowest BCUT2D eigenvalue weighted by Crippen LogP contribution is -2.33. The number of thioether (sulfide) groups is 1. The Morgan fingerprint density at radius 2 is 1.93 bits per heavy atom. The summed E-state index contributed by atoms with van der Waals surface area (Å²) < 4.78 is 5.36. The number of nitrogens with zero attached hydrogens (tertiary/aromatic N) is 2. The minimum absolute atomic E-state index is 0.0634. The Kier molecular flexibility index (Phi) is 7.87. The number of hydrogen-bond donors (Lipinski definition) is 1. The van der Waals surface area contributed by atoms with Crippen molar-refractivity contribution >= 4 is 29.4 Å². The predicted molar refractivity (Wildman–Crippen MR) is 113 cm³/mol. The van der Waals surface area contributed by atoms with Crippen LogP contribution in [0, 0.1) is 0 Å². The van der Waals surface area contributed by atoms with E-state index in [1.807, 2.05) is 57.2 Å². The molecule has 0 radical (unpaired) electrons. The summed E-state index contributed by atoms with van der Waals surface area (Å²) in [5.74, 6) is 1.03. The summed E-state index contributed by atoms with van der Waals surface area (Å²) in [6, 6.07) is 11.3. The van der Waals surface area contributed by atoms with E-state index >= 15 is 0 Å². The molecule has 0 aliphatic rings. The van der Waals surface area contributed by atoms with Crippen LogP contribution in [0.15, 0.2) is 48.8 Å². The van der Waals surface area contributed by atoms with Crippen molar-refractivity contribution in [3.05, 3.63) is 59.9 Å². The van der Waals surface area contributed by atoms with Gasteiger partial charge in [0.1, 0.15) is 5.60 Å². The number of nitrogens with one attached hydrogen (secondary N) is 1. The number of rotatable bonds is 7. The van der Waals surface area contributed by atoms with Crippen LogP contribution in [0.5, 0.6) is 0 Å². The highest BCUT2D eigenvalue weighted by atomic mass is 32.2. The summed E-state index contributed by atoms with van der Waals surface area (Å²) in [5.41, 5.74) is 2.18. The van der Waals surface area contributed by atoms with Crippen molar-refractivity contribution in [1.29, 1.82) is 0 Å². The molecule has 0 unspecified atom stereocenters. The van der Waals surface area contributed by atoms with E-state index in [9.17, 15) is 9.59 Å². The minimum Gasteiger partial charge on any atom is -0.444 e. The maximum absolute atomic E-state index is 12.2. The number of amides is 2. The van der Waals surface area contributed by atoms with Gasteiger partial charge in [-0.15, -0.1) is 11.8 Å². The van der Waals surface area contributed by atoms with Gasteiger partial charge < -0.3 is 15.0 Å². The average Bonchev–Trinajstić information content (AvgIpc) is 2.61. The van der Waals surface area contributed by atoms with Crippen molar-refractivity contribution in [2.75, 3.05) is 18.1 Å². The number of anilines is 1. The average molecular weight is 402 g/mol. The lowest BCUT2D eigenvalue weighted by molar-refractivity contribution is -0.113. The second-order valence-electron chi connectivity index (χ2n) is 7.44. The van der Waals surface area contributed by atoms with Crippen LogP contribution in [0.25, 0.3) is 0 Å². The SMILES string of the molecule is CN(Cc1cccc(NC(=O)CSCc2cccnc2)c1)C(=O)OC(C)(C)C. The fourth-order valence-electron chi connectivity index (χ4n) is 2.37. The van der Waals surface area contributed by atoms with Crippen LogP contribution in [0.3, 0.4) is 0 Å². The van der Waals surface area contributed by atoms with Gasteiger partial charge in [-0.25, -0.2) is 4.79 Å². The molecule has 7 heteroatoms. The molecule has 0 atom stereocenters. The first-order valence-electron chi connectivity index (χ1n) is 9.02. The first-order valence-corrected chi connectivity index (χ1v) is 10.2. The van der Waals surface area contributed by atoms with Crippen LogP contribution in [0.1, 0.15) is 31.9 Å². The lowest BCUT2D eigenvalue weighted by Gasteiger charge is -2.24. The van der Waals surface area contributed by atoms with Crippen molar-refractivity contribution in [2.45, 2.75) is 38.7 Å². The van der Waals surface area contributed by atoms with Gasteiger partial charge in [-0.05, 0) is 50.1 Å². The smallest absolute Gasteiger partial charge is 0.410 e. The molecule has 1 N–H and O–H groups in total. The van der Waals surface area contributed by atoms with Gasteiger partial charge in [0.2, 0.25) is 5.91 Å². The maximum atomic E-state index is 12.2. The molecule has 0 saturated carbocycles. The van der Waals surface area contributed by atoms with E-state index in [2.05, 4.69) is 10.3 Å². The summed E-state index contributed by atoms with van der Waals surface area (Å²) in [6.07, 6.45) is 3.15. The van der Waals surface area contributed by atoms with Gasteiger partial charge in [0.25, 0.3) is 0 Å². The Bertz CT molecular complexity index is 791. The second-order valence-corrected chi connectivity index (χ2v) is 8.42. The number of aromatic nitrogens is 1. The number of ether oxygens (including phenoxy) is 1. The normalized spacial score (nSPS) is 11.0. The maximum Gasteiger partial charge on any atom is 0.410 e. The first-order chi connectivity index (χ1) is 13.2. The molecule has 1 aromatic carbocycles. The molecule has 0 bridgehead atoms. The molecular formula is C21H27N3O3S. The molecule has 28 heavy (non-hydrogen) atoms. The Balaban J connectivity index is 1.83. The summed E-state index contributed by atoms with van der Waals surface area (Å²) in [4.78, 5) is 29.8. The number of pyridine rings is 1. The molecule has 0 aliphatic carbocycles. The molecule has 0 aliphatic heterocycles. The van der Waals surface area contributed by atoms with E-state index < -0.39 is 5.60 Å². The van der Waals surface area contributed by atoms with Crippen LogP contribution < -0.4 is 5.32 Å². The molecule has 6 nitrogen and oxygen atoms in total. The summed E-state index contributed by atoms with van der Waals surface area (Å²) in [6.45, 7) is 5.90. The number of carbonyl (C=O) groups is 2. The Labute approximate surface area is 170 Å². The summed E-state index contributed by atoms with van der Waals surface area (Å²) in [5, 5.41) is 2.90. The molecule has 2 rings (SSSR count). The Morgan fingerprint density at radius 3 is 2.61 bits per heavy atom. The predicted octanol–water partition coefficient (Wildman–Crippen LogP) is 4.32. The zero-order chi connectivity index (χ0) is 20.6. The van der Waals surface area contributed by atoms with Crippen molar-refractivity contribution in [3.63, 3.8) is 0 Å². The monoisotopic (exact) mass is 401 g/mol. The highest BCUT2D eigenvalue weighted by Gasteiger charge is 2.19. The van der Waals surface area contributed by atoms with Gasteiger partial charge in [0, 0.05) is 37.4 Å². The van der Waals surface area contributed by atoms with Gasteiger partial charge in [-0.1, -0.05) is 18.2 Å². The zero-order valence-corrected chi connectivity index (χ0v) is 17.6. The van der Waals surface area contributed by atoms with Gasteiger partial charge in [0.15, 0.2) is 0 Å². The van der Waals surface area contributed by atoms with E-state index in [4.69, 9.17) is 4.74 Å². The highest BCUT2D eigenvalue weighted by molar-refractivity contribution is 7.99. The summed E-state index contributed by atoms with van der Waals surface area (Å²) in [7, 11) is 1.69. The summed E-state index contributed by atoms with van der Waals surface area (Å²) >= 11 is 1.54. The fourth-order valence-corrected chi connectivity index (χ4v) is 3.13. The third-order valence-corrected chi connectivity index (χ3v) is 4.56. The molecule has 1 heterocycles. The molecule has 1 aromatic heterocycles. The molecule has 0 spiro atoms. The number of carbonyl (C=O) groups excluding carboxylic acids is 2. The van der Waals surface area contributed by atoms with Gasteiger partial charge in [-0.2, -0.15) is 0 Å². The zero-order valence-electron chi connectivity index (χ0n) is 16.8. The highest BCUT2D eigenvalue weighted by Crippen LogP contribution is 2.16. The largest absolute Gasteiger partial charge is 0.444 e. The second kappa shape index (κ2) is 10.1. The standard InChI is InChI=1S/C21H27N3O3S/c1-21(2,3)27-20(26)24(4)13-16-7-5-9-18(11-16)23-19(25)15-28-14-17-8-6-10-22-12-17/h5-12H,13-15H2,1-4H3,(H,23,25). The van der Waals surface area contributed by atoms with Gasteiger partial charge in [0.05, 0.1) is 5.75 Å². The first kappa shape index (κ1) is 21.8. The molecule has 2 aromatic rings. The van der Waals surface area contributed by atoms with Crippen LogP contribution in [-0.4, -0.2) is 40.3 Å². The number of benzene rings is 1. The Hall–Kier alpha value is -2.54.